The molecule has 0 spiro atoms. The molecular weight excluding hydrogens is 282 g/mol. The smallest absolute Gasteiger partial charge is 0.307 e. The second-order valence-corrected chi connectivity index (χ2v) is 5.06. The number of aliphatic imine (C=N–C) groups is 1. The van der Waals surface area contributed by atoms with Crippen molar-refractivity contribution in [2.24, 2.45) is 4.99 Å². The van der Waals surface area contributed by atoms with E-state index in [9.17, 15) is 20.0 Å². The first kappa shape index (κ1) is 12.3. The number of benzene rings is 1. The van der Waals surface area contributed by atoms with Crippen LogP contribution in [0.25, 0.3) is 11.6 Å². The number of aromatic amines is 1. The van der Waals surface area contributed by atoms with Gasteiger partial charge < -0.3 is 5.11 Å². The van der Waals surface area contributed by atoms with Gasteiger partial charge in [0.2, 0.25) is 5.88 Å². The third kappa shape index (κ3) is 2.01. The van der Waals surface area contributed by atoms with Crippen molar-refractivity contribution in [1.82, 2.24) is 4.98 Å². The van der Waals surface area contributed by atoms with Crippen LogP contribution in [0, 0.1) is 10.1 Å². The molecule has 0 amide bonds. The number of hydrogen-bond acceptors (Lipinski definition) is 6. The third-order valence-electron chi connectivity index (χ3n) is 2.79. The minimum atomic E-state index is -0.484. The Balaban J connectivity index is 2.10. The van der Waals surface area contributed by atoms with Gasteiger partial charge in [-0.2, -0.15) is 0 Å². The summed E-state index contributed by atoms with van der Waals surface area (Å²) in [6.07, 6.45) is 3.11. The standard InChI is InChI=1S/C12H7N3O4S/c16-11-10(20-12(17)14-11)3-6-5-13-9-2-1-7(15(18)19)4-8(6)9/h1-5,16H,(H,14,17)/b6-3+. The number of nitro groups is 1. The molecule has 20 heavy (non-hydrogen) atoms. The number of allylic oxidation sites excluding steroid dienone is 1. The molecule has 0 fully saturated rings. The molecule has 0 saturated heterocycles. The second kappa shape index (κ2) is 4.42. The Bertz CT molecular complexity index is 831. The Morgan fingerprint density at radius 3 is 2.90 bits per heavy atom. The largest absolute Gasteiger partial charge is 0.493 e. The minimum absolute atomic E-state index is 0.0355. The summed E-state index contributed by atoms with van der Waals surface area (Å²) >= 11 is 0.853. The fourth-order valence-corrected chi connectivity index (χ4v) is 2.56. The van der Waals surface area contributed by atoms with E-state index in [-0.39, 0.29) is 16.4 Å². The summed E-state index contributed by atoms with van der Waals surface area (Å²) in [5.41, 5.74) is 1.78. The normalized spacial score (nSPS) is 14.7. The fraction of sp³-hybridized carbons (Fsp3) is 0. The summed E-state index contributed by atoms with van der Waals surface area (Å²) < 4.78 is 0. The van der Waals surface area contributed by atoms with Crippen molar-refractivity contribution >= 4 is 40.6 Å². The molecule has 8 heteroatoms. The van der Waals surface area contributed by atoms with E-state index >= 15 is 0 Å². The van der Waals surface area contributed by atoms with Crippen LogP contribution in [-0.2, 0) is 0 Å². The van der Waals surface area contributed by atoms with Crippen molar-refractivity contribution in [3.05, 3.63) is 48.4 Å². The minimum Gasteiger partial charge on any atom is -0.493 e. The molecule has 0 aliphatic carbocycles. The number of H-pyrrole nitrogens is 1. The summed E-state index contributed by atoms with van der Waals surface area (Å²) in [6, 6.07) is 4.36. The van der Waals surface area contributed by atoms with Gasteiger partial charge >= 0.3 is 4.87 Å². The van der Waals surface area contributed by atoms with Gasteiger partial charge in [0, 0.05) is 29.5 Å². The fourth-order valence-electron chi connectivity index (χ4n) is 1.88. The van der Waals surface area contributed by atoms with Gasteiger partial charge in [0.1, 0.15) is 0 Å². The number of fused-ring (bicyclic) bond motifs is 1. The molecule has 1 aromatic carbocycles. The quantitative estimate of drug-likeness (QED) is 0.653. The molecule has 3 rings (SSSR count). The third-order valence-corrected chi connectivity index (χ3v) is 3.61. The average Bonchev–Trinajstić information content (AvgIpc) is 2.93. The van der Waals surface area contributed by atoms with Crippen molar-refractivity contribution in [2.75, 3.05) is 0 Å². The summed E-state index contributed by atoms with van der Waals surface area (Å²) in [5, 5.41) is 20.3. The van der Waals surface area contributed by atoms with E-state index in [1.807, 2.05) is 0 Å². The molecular formula is C12H7N3O4S. The van der Waals surface area contributed by atoms with Crippen molar-refractivity contribution in [2.45, 2.75) is 0 Å². The number of non-ortho nitro benzene ring substituents is 1. The Labute approximate surface area is 115 Å². The van der Waals surface area contributed by atoms with Crippen LogP contribution in [0.2, 0.25) is 0 Å². The molecule has 0 unspecified atom stereocenters. The van der Waals surface area contributed by atoms with E-state index in [4.69, 9.17) is 0 Å². The lowest BCUT2D eigenvalue weighted by Crippen LogP contribution is -1.89. The molecule has 1 aliphatic rings. The van der Waals surface area contributed by atoms with Gasteiger partial charge in [-0.05, 0) is 12.1 Å². The van der Waals surface area contributed by atoms with Gasteiger partial charge in [-0.1, -0.05) is 11.3 Å². The molecule has 2 heterocycles. The number of aromatic nitrogens is 1. The van der Waals surface area contributed by atoms with Gasteiger partial charge in [-0.3, -0.25) is 24.9 Å². The van der Waals surface area contributed by atoms with E-state index < -0.39 is 4.92 Å². The molecule has 7 nitrogen and oxygen atoms in total. The van der Waals surface area contributed by atoms with Gasteiger partial charge in [0.15, 0.2) is 0 Å². The first-order chi connectivity index (χ1) is 9.54. The highest BCUT2D eigenvalue weighted by molar-refractivity contribution is 7.10. The van der Waals surface area contributed by atoms with Crippen LogP contribution >= 0.6 is 11.3 Å². The molecule has 0 radical (unpaired) electrons. The maximum atomic E-state index is 11.1. The molecule has 0 saturated carbocycles. The Morgan fingerprint density at radius 1 is 1.45 bits per heavy atom. The highest BCUT2D eigenvalue weighted by Crippen LogP contribution is 2.36. The number of nitro benzene ring substituents is 1. The number of aromatic hydroxyl groups is 1. The molecule has 0 bridgehead atoms. The number of hydrogen-bond donors (Lipinski definition) is 2. The van der Waals surface area contributed by atoms with E-state index in [0.29, 0.717) is 21.7 Å². The first-order valence-electron chi connectivity index (χ1n) is 5.51. The van der Waals surface area contributed by atoms with Gasteiger partial charge in [-0.25, -0.2) is 0 Å². The zero-order valence-electron chi connectivity index (χ0n) is 9.86. The Hall–Kier alpha value is -2.74. The van der Waals surface area contributed by atoms with Crippen molar-refractivity contribution in [3.63, 3.8) is 0 Å². The topological polar surface area (TPSA) is 109 Å². The predicted octanol–water partition coefficient (Wildman–Crippen LogP) is 2.31. The van der Waals surface area contributed by atoms with E-state index in [0.717, 1.165) is 11.3 Å². The lowest BCUT2D eigenvalue weighted by molar-refractivity contribution is -0.384. The van der Waals surface area contributed by atoms with Crippen LogP contribution in [0.4, 0.5) is 11.4 Å². The molecule has 0 atom stereocenters. The average molecular weight is 289 g/mol. The van der Waals surface area contributed by atoms with Crippen LogP contribution in [-0.4, -0.2) is 21.2 Å². The number of thiazole rings is 1. The number of nitrogens with one attached hydrogen (secondary N) is 1. The maximum absolute atomic E-state index is 11.1. The Morgan fingerprint density at radius 2 is 2.25 bits per heavy atom. The van der Waals surface area contributed by atoms with Crippen LogP contribution in [0.5, 0.6) is 5.88 Å². The van der Waals surface area contributed by atoms with Crippen molar-refractivity contribution < 1.29 is 10.0 Å². The molecule has 2 aromatic rings. The maximum Gasteiger partial charge on any atom is 0.307 e. The molecule has 1 aliphatic heterocycles. The van der Waals surface area contributed by atoms with E-state index in [1.165, 1.54) is 18.3 Å². The first-order valence-corrected chi connectivity index (χ1v) is 6.33. The van der Waals surface area contributed by atoms with Crippen molar-refractivity contribution in [3.8, 4) is 5.88 Å². The molecule has 2 N–H and O–H groups in total. The van der Waals surface area contributed by atoms with Crippen LogP contribution in [0.1, 0.15) is 10.4 Å². The highest BCUT2D eigenvalue weighted by atomic mass is 32.1. The highest BCUT2D eigenvalue weighted by Gasteiger charge is 2.17. The summed E-state index contributed by atoms with van der Waals surface area (Å²) in [7, 11) is 0. The van der Waals surface area contributed by atoms with Gasteiger partial charge in [0.25, 0.3) is 5.69 Å². The predicted molar refractivity (Wildman–Crippen MR) is 75.7 cm³/mol. The summed E-state index contributed by atoms with van der Waals surface area (Å²) in [5.74, 6) is -0.222. The zero-order valence-corrected chi connectivity index (χ0v) is 10.7. The van der Waals surface area contributed by atoms with Crippen molar-refractivity contribution in [1.29, 1.82) is 0 Å². The zero-order chi connectivity index (χ0) is 14.3. The van der Waals surface area contributed by atoms with Gasteiger partial charge in [-0.15, -0.1) is 0 Å². The number of rotatable bonds is 2. The summed E-state index contributed by atoms with van der Waals surface area (Å²) in [4.78, 5) is 27.8. The van der Waals surface area contributed by atoms with E-state index in [2.05, 4.69) is 9.98 Å². The second-order valence-electron chi connectivity index (χ2n) is 4.04. The lowest BCUT2D eigenvalue weighted by atomic mass is 10.1. The Kier molecular flexibility index (Phi) is 2.72. The van der Waals surface area contributed by atoms with Gasteiger partial charge in [0.05, 0.1) is 15.5 Å². The van der Waals surface area contributed by atoms with E-state index in [1.54, 1.807) is 12.1 Å². The molecule has 100 valence electrons. The van der Waals surface area contributed by atoms with Crippen LogP contribution in [0.15, 0.2) is 28.0 Å². The lowest BCUT2D eigenvalue weighted by Gasteiger charge is -1.99. The molecule has 1 aromatic heterocycles. The summed E-state index contributed by atoms with van der Waals surface area (Å²) in [6.45, 7) is 0. The van der Waals surface area contributed by atoms with Crippen LogP contribution < -0.4 is 4.87 Å². The number of nitrogens with zero attached hydrogens (tertiary/aromatic N) is 2. The SMILES string of the molecule is O=c1[nH]c(O)c(/C=C2\C=Nc3ccc([N+](=O)[O-])cc32)s1. The monoisotopic (exact) mass is 289 g/mol. The van der Waals surface area contributed by atoms with Crippen LogP contribution in [0.3, 0.4) is 0 Å².